The smallest absolute Gasteiger partial charge is 0.299 e. The number of aromatic nitrogens is 1. The summed E-state index contributed by atoms with van der Waals surface area (Å²) in [7, 11) is 0. The molecular weight excluding hydrogens is 278 g/mol. The molecule has 0 aliphatic carbocycles. The molecule has 0 atom stereocenters. The van der Waals surface area contributed by atoms with Gasteiger partial charge in [0.2, 0.25) is 0 Å². The van der Waals surface area contributed by atoms with Crippen LogP contribution in [0.15, 0.2) is 30.3 Å². The van der Waals surface area contributed by atoms with E-state index in [1.54, 1.807) is 25.1 Å². The molecule has 1 aromatic carbocycles. The van der Waals surface area contributed by atoms with Crippen LogP contribution in [0.3, 0.4) is 0 Å². The van der Waals surface area contributed by atoms with E-state index in [9.17, 15) is 18.4 Å². The monoisotopic (exact) mass is 288 g/mol. The molecule has 0 saturated carbocycles. The van der Waals surface area contributed by atoms with Crippen LogP contribution in [0.4, 0.5) is 14.5 Å². The zero-order valence-electron chi connectivity index (χ0n) is 11.1. The summed E-state index contributed by atoms with van der Waals surface area (Å²) < 4.78 is 26.6. The van der Waals surface area contributed by atoms with E-state index in [4.69, 9.17) is 0 Å². The van der Waals surface area contributed by atoms with Crippen LogP contribution in [-0.4, -0.2) is 16.7 Å². The highest BCUT2D eigenvalue weighted by Gasteiger charge is 2.37. The number of amides is 1. The zero-order valence-corrected chi connectivity index (χ0v) is 11.1. The Labute approximate surface area is 119 Å². The van der Waals surface area contributed by atoms with E-state index in [2.05, 4.69) is 4.98 Å². The second kappa shape index (κ2) is 4.73. The van der Waals surface area contributed by atoms with Crippen LogP contribution in [0.2, 0.25) is 0 Å². The van der Waals surface area contributed by atoms with Gasteiger partial charge in [0.15, 0.2) is 11.6 Å². The number of nitrogens with zero attached hydrogens (tertiary/aromatic N) is 2. The van der Waals surface area contributed by atoms with Crippen molar-refractivity contribution in [1.82, 2.24) is 4.98 Å². The summed E-state index contributed by atoms with van der Waals surface area (Å²) in [5, 5.41) is 0. The summed E-state index contributed by atoms with van der Waals surface area (Å²) in [5.41, 5.74) is 1.28. The number of Topliss-reactive ketones (excluding diaryl/α,β-unsaturated/α-hetero) is 1. The number of pyridine rings is 1. The van der Waals surface area contributed by atoms with Crippen molar-refractivity contribution < 1.29 is 18.4 Å². The Bertz CT molecular complexity index is 774. The molecule has 0 bridgehead atoms. The van der Waals surface area contributed by atoms with Gasteiger partial charge in [0, 0.05) is 11.8 Å². The molecule has 6 heteroatoms. The first-order chi connectivity index (χ1) is 9.97. The average molecular weight is 288 g/mol. The van der Waals surface area contributed by atoms with Crippen molar-refractivity contribution in [3.8, 4) is 0 Å². The number of hydrogen-bond donors (Lipinski definition) is 0. The van der Waals surface area contributed by atoms with Gasteiger partial charge in [-0.1, -0.05) is 6.07 Å². The first-order valence-corrected chi connectivity index (χ1v) is 6.25. The third-order valence-electron chi connectivity index (χ3n) is 3.28. The molecule has 1 amide bonds. The van der Waals surface area contributed by atoms with E-state index in [0.717, 1.165) is 22.7 Å². The lowest BCUT2D eigenvalue weighted by molar-refractivity contribution is -0.114. The van der Waals surface area contributed by atoms with Crippen molar-refractivity contribution in [1.29, 1.82) is 0 Å². The summed E-state index contributed by atoms with van der Waals surface area (Å²) in [6.07, 6.45) is 0. The van der Waals surface area contributed by atoms with E-state index >= 15 is 0 Å². The van der Waals surface area contributed by atoms with Gasteiger partial charge in [-0.2, -0.15) is 0 Å². The number of ketones is 1. The second-order valence-corrected chi connectivity index (χ2v) is 4.77. The van der Waals surface area contributed by atoms with Gasteiger partial charge < -0.3 is 0 Å². The lowest BCUT2D eigenvalue weighted by Gasteiger charge is -2.16. The van der Waals surface area contributed by atoms with Gasteiger partial charge in [0.05, 0.1) is 23.5 Å². The quantitative estimate of drug-likeness (QED) is 0.797. The highest BCUT2D eigenvalue weighted by molar-refractivity contribution is 6.52. The van der Waals surface area contributed by atoms with E-state index < -0.39 is 23.3 Å². The van der Waals surface area contributed by atoms with Gasteiger partial charge in [0.25, 0.3) is 11.7 Å². The van der Waals surface area contributed by atoms with Gasteiger partial charge in [-0.05, 0) is 25.1 Å². The van der Waals surface area contributed by atoms with Gasteiger partial charge in [-0.3, -0.25) is 19.5 Å². The first kappa shape index (κ1) is 13.4. The van der Waals surface area contributed by atoms with Gasteiger partial charge in [-0.15, -0.1) is 0 Å². The fourth-order valence-corrected chi connectivity index (χ4v) is 2.30. The standard InChI is InChI=1S/C15H10F2N2O2/c1-8-3-2-4-9(18-8)7-19-13-6-12(17)11(16)5-10(13)14(20)15(19)21/h2-6H,7H2,1H3. The number of benzene rings is 1. The Morgan fingerprint density at radius 1 is 1.14 bits per heavy atom. The minimum atomic E-state index is -1.15. The Balaban J connectivity index is 2.03. The molecule has 106 valence electrons. The molecule has 0 spiro atoms. The molecule has 1 aliphatic heterocycles. The molecule has 0 saturated heterocycles. The highest BCUT2D eigenvalue weighted by atomic mass is 19.2. The molecule has 1 aromatic heterocycles. The summed E-state index contributed by atoms with van der Waals surface area (Å²) in [4.78, 5) is 29.2. The number of rotatable bonds is 2. The van der Waals surface area contributed by atoms with Crippen molar-refractivity contribution in [2.45, 2.75) is 13.5 Å². The zero-order chi connectivity index (χ0) is 15.1. The fourth-order valence-electron chi connectivity index (χ4n) is 2.30. The fraction of sp³-hybridized carbons (Fsp3) is 0.133. The number of carbonyl (C=O) groups excluding carboxylic acids is 2. The van der Waals surface area contributed by atoms with E-state index in [1.165, 1.54) is 0 Å². The van der Waals surface area contributed by atoms with Gasteiger partial charge in [-0.25, -0.2) is 8.78 Å². The molecule has 1 aliphatic rings. The molecule has 2 aromatic rings. The Kier molecular flexibility index (Phi) is 3.01. The predicted molar refractivity (Wildman–Crippen MR) is 70.9 cm³/mol. The van der Waals surface area contributed by atoms with Crippen LogP contribution in [-0.2, 0) is 11.3 Å². The third-order valence-corrected chi connectivity index (χ3v) is 3.28. The molecule has 0 N–H and O–H groups in total. The average Bonchev–Trinajstić information content (AvgIpc) is 2.65. The van der Waals surface area contributed by atoms with Gasteiger partial charge in [0.1, 0.15) is 0 Å². The van der Waals surface area contributed by atoms with E-state index in [1.807, 2.05) is 0 Å². The summed E-state index contributed by atoms with van der Waals surface area (Å²) in [5.74, 6) is -3.89. The molecule has 4 nitrogen and oxygen atoms in total. The third kappa shape index (κ3) is 2.18. The molecule has 0 unspecified atom stereocenters. The normalized spacial score (nSPS) is 13.8. The SMILES string of the molecule is Cc1cccc(CN2C(=O)C(=O)c3cc(F)c(F)cc32)n1. The van der Waals surface area contributed by atoms with Crippen LogP contribution in [0.5, 0.6) is 0 Å². The minimum Gasteiger partial charge on any atom is -0.299 e. The summed E-state index contributed by atoms with van der Waals surface area (Å²) in [6.45, 7) is 1.83. The molecule has 3 rings (SSSR count). The lowest BCUT2D eigenvalue weighted by atomic mass is 10.1. The van der Waals surface area contributed by atoms with E-state index in [-0.39, 0.29) is 17.8 Å². The van der Waals surface area contributed by atoms with Crippen molar-refractivity contribution in [2.24, 2.45) is 0 Å². The Morgan fingerprint density at radius 3 is 2.57 bits per heavy atom. The molecule has 0 radical (unpaired) electrons. The van der Waals surface area contributed by atoms with Crippen LogP contribution >= 0.6 is 0 Å². The maximum absolute atomic E-state index is 13.4. The topological polar surface area (TPSA) is 50.3 Å². The number of anilines is 1. The summed E-state index contributed by atoms with van der Waals surface area (Å²) >= 11 is 0. The van der Waals surface area contributed by atoms with Crippen LogP contribution in [0, 0.1) is 18.6 Å². The number of aryl methyl sites for hydroxylation is 1. The molecule has 0 fully saturated rings. The number of carbonyl (C=O) groups is 2. The van der Waals surface area contributed by atoms with Crippen LogP contribution in [0.25, 0.3) is 0 Å². The van der Waals surface area contributed by atoms with Crippen molar-refractivity contribution in [3.05, 3.63) is 58.9 Å². The predicted octanol–water partition coefficient (Wildman–Crippen LogP) is 2.40. The minimum absolute atomic E-state index is 0.0321. The van der Waals surface area contributed by atoms with Crippen LogP contribution < -0.4 is 4.90 Å². The molecule has 21 heavy (non-hydrogen) atoms. The van der Waals surface area contributed by atoms with Crippen molar-refractivity contribution in [3.63, 3.8) is 0 Å². The van der Waals surface area contributed by atoms with Crippen molar-refractivity contribution in [2.75, 3.05) is 4.90 Å². The molecular formula is C15H10F2N2O2. The number of hydrogen-bond acceptors (Lipinski definition) is 3. The van der Waals surface area contributed by atoms with Crippen molar-refractivity contribution >= 4 is 17.4 Å². The lowest BCUT2D eigenvalue weighted by Crippen LogP contribution is -2.29. The second-order valence-electron chi connectivity index (χ2n) is 4.77. The first-order valence-electron chi connectivity index (χ1n) is 6.25. The van der Waals surface area contributed by atoms with Crippen LogP contribution in [0.1, 0.15) is 21.7 Å². The summed E-state index contributed by atoms with van der Waals surface area (Å²) in [6, 6.07) is 6.89. The highest BCUT2D eigenvalue weighted by Crippen LogP contribution is 2.32. The maximum atomic E-state index is 13.4. The number of halogens is 2. The number of fused-ring (bicyclic) bond motifs is 1. The largest absolute Gasteiger partial charge is 0.299 e. The Hall–Kier alpha value is -2.63. The Morgan fingerprint density at radius 2 is 1.86 bits per heavy atom. The molecule has 2 heterocycles. The maximum Gasteiger partial charge on any atom is 0.299 e. The van der Waals surface area contributed by atoms with Gasteiger partial charge >= 0.3 is 0 Å². The van der Waals surface area contributed by atoms with E-state index in [0.29, 0.717) is 5.69 Å².